The number of hydrogen-bond acceptors (Lipinski definition) is 2. The fraction of sp³-hybridized carbons (Fsp3) is 0.600. The SMILES string of the molecule is CCC1(CNCCCc2ccc(N)cc2)CC1. The molecule has 1 aliphatic carbocycles. The molecule has 94 valence electrons. The van der Waals surface area contributed by atoms with E-state index in [4.69, 9.17) is 5.73 Å². The number of hydrogen-bond donors (Lipinski definition) is 2. The van der Waals surface area contributed by atoms with Gasteiger partial charge in [-0.3, -0.25) is 0 Å². The van der Waals surface area contributed by atoms with Gasteiger partial charge >= 0.3 is 0 Å². The summed E-state index contributed by atoms with van der Waals surface area (Å²) < 4.78 is 0. The molecule has 0 unspecified atom stereocenters. The van der Waals surface area contributed by atoms with Crippen LogP contribution in [0.5, 0.6) is 0 Å². The maximum absolute atomic E-state index is 5.66. The van der Waals surface area contributed by atoms with E-state index in [0.29, 0.717) is 5.41 Å². The van der Waals surface area contributed by atoms with E-state index >= 15 is 0 Å². The summed E-state index contributed by atoms with van der Waals surface area (Å²) in [4.78, 5) is 0. The number of nitrogens with one attached hydrogen (secondary N) is 1. The number of nitrogen functional groups attached to an aromatic ring is 1. The fourth-order valence-corrected chi connectivity index (χ4v) is 2.29. The summed E-state index contributed by atoms with van der Waals surface area (Å²) in [5.74, 6) is 0. The van der Waals surface area contributed by atoms with Crippen LogP contribution < -0.4 is 11.1 Å². The molecule has 2 nitrogen and oxygen atoms in total. The maximum atomic E-state index is 5.66. The van der Waals surface area contributed by atoms with Crippen LogP contribution in [-0.2, 0) is 6.42 Å². The van der Waals surface area contributed by atoms with Crippen LogP contribution in [0.4, 0.5) is 5.69 Å². The van der Waals surface area contributed by atoms with Crippen LogP contribution >= 0.6 is 0 Å². The van der Waals surface area contributed by atoms with Crippen molar-refractivity contribution in [3.63, 3.8) is 0 Å². The van der Waals surface area contributed by atoms with Crippen LogP contribution in [-0.4, -0.2) is 13.1 Å². The van der Waals surface area contributed by atoms with Gasteiger partial charge in [-0.1, -0.05) is 19.1 Å². The Labute approximate surface area is 105 Å². The molecule has 0 saturated heterocycles. The second-order valence-corrected chi connectivity index (χ2v) is 5.38. The van der Waals surface area contributed by atoms with Gasteiger partial charge in [-0.05, 0) is 61.8 Å². The molecule has 1 saturated carbocycles. The monoisotopic (exact) mass is 232 g/mol. The van der Waals surface area contributed by atoms with Gasteiger partial charge in [0.05, 0.1) is 0 Å². The Morgan fingerprint density at radius 1 is 1.24 bits per heavy atom. The molecular weight excluding hydrogens is 208 g/mol. The van der Waals surface area contributed by atoms with E-state index in [-0.39, 0.29) is 0 Å². The predicted molar refractivity (Wildman–Crippen MR) is 74.0 cm³/mol. The molecule has 1 aliphatic rings. The minimum Gasteiger partial charge on any atom is -0.399 e. The highest BCUT2D eigenvalue weighted by atomic mass is 14.9. The Kier molecular flexibility index (Phi) is 4.06. The van der Waals surface area contributed by atoms with E-state index in [0.717, 1.165) is 18.7 Å². The Morgan fingerprint density at radius 3 is 2.53 bits per heavy atom. The Morgan fingerprint density at radius 2 is 1.94 bits per heavy atom. The Hall–Kier alpha value is -1.02. The van der Waals surface area contributed by atoms with E-state index < -0.39 is 0 Å². The lowest BCUT2D eigenvalue weighted by Gasteiger charge is -2.13. The van der Waals surface area contributed by atoms with Gasteiger partial charge in [-0.25, -0.2) is 0 Å². The van der Waals surface area contributed by atoms with Crippen LogP contribution in [0.15, 0.2) is 24.3 Å². The summed E-state index contributed by atoms with van der Waals surface area (Å²) >= 11 is 0. The first kappa shape index (κ1) is 12.4. The highest BCUT2D eigenvalue weighted by molar-refractivity contribution is 5.39. The van der Waals surface area contributed by atoms with Gasteiger partial charge < -0.3 is 11.1 Å². The average Bonchev–Trinajstić information content (AvgIpc) is 3.12. The number of rotatable bonds is 7. The first-order valence-corrected chi connectivity index (χ1v) is 6.79. The second-order valence-electron chi connectivity index (χ2n) is 5.38. The topological polar surface area (TPSA) is 38.0 Å². The normalized spacial score (nSPS) is 17.0. The number of aryl methyl sites for hydroxylation is 1. The fourth-order valence-electron chi connectivity index (χ4n) is 2.29. The average molecular weight is 232 g/mol. The van der Waals surface area contributed by atoms with Gasteiger partial charge in [0.2, 0.25) is 0 Å². The van der Waals surface area contributed by atoms with Crippen LogP contribution in [0.25, 0.3) is 0 Å². The number of anilines is 1. The van der Waals surface area contributed by atoms with E-state index in [1.54, 1.807) is 0 Å². The van der Waals surface area contributed by atoms with Crippen LogP contribution in [0.2, 0.25) is 0 Å². The molecular formula is C15H24N2. The van der Waals surface area contributed by atoms with Crippen molar-refractivity contribution in [2.45, 2.75) is 39.0 Å². The molecule has 0 spiro atoms. The summed E-state index contributed by atoms with van der Waals surface area (Å²) in [5.41, 5.74) is 8.57. The van der Waals surface area contributed by atoms with Gasteiger partial charge in [0.25, 0.3) is 0 Å². The Bertz CT molecular complexity index is 338. The minimum atomic E-state index is 0.668. The van der Waals surface area contributed by atoms with Gasteiger partial charge in [0.15, 0.2) is 0 Å². The molecule has 2 heteroatoms. The van der Waals surface area contributed by atoms with Crippen LogP contribution in [0.1, 0.15) is 38.2 Å². The molecule has 0 aromatic heterocycles. The lowest BCUT2D eigenvalue weighted by molar-refractivity contribution is 0.442. The van der Waals surface area contributed by atoms with Gasteiger partial charge in [0, 0.05) is 12.2 Å². The third kappa shape index (κ3) is 3.74. The third-order valence-corrected chi connectivity index (χ3v) is 4.01. The molecule has 3 N–H and O–H groups in total. The minimum absolute atomic E-state index is 0.668. The van der Waals surface area contributed by atoms with Crippen molar-refractivity contribution in [3.05, 3.63) is 29.8 Å². The van der Waals surface area contributed by atoms with Crippen molar-refractivity contribution >= 4 is 5.69 Å². The zero-order valence-corrected chi connectivity index (χ0v) is 10.8. The van der Waals surface area contributed by atoms with E-state index in [1.807, 2.05) is 12.1 Å². The predicted octanol–water partition coefficient (Wildman–Crippen LogP) is 2.98. The molecule has 0 amide bonds. The van der Waals surface area contributed by atoms with Gasteiger partial charge in [-0.2, -0.15) is 0 Å². The molecule has 17 heavy (non-hydrogen) atoms. The van der Waals surface area contributed by atoms with Crippen molar-refractivity contribution in [1.29, 1.82) is 0 Å². The molecule has 0 atom stereocenters. The molecule has 0 aliphatic heterocycles. The summed E-state index contributed by atoms with van der Waals surface area (Å²) in [5, 5.41) is 3.60. The molecule has 2 rings (SSSR count). The quantitative estimate of drug-likeness (QED) is 0.560. The summed E-state index contributed by atoms with van der Waals surface area (Å²) in [6.07, 6.45) is 6.54. The zero-order valence-electron chi connectivity index (χ0n) is 10.8. The molecule has 1 aromatic rings. The van der Waals surface area contributed by atoms with Crippen molar-refractivity contribution in [3.8, 4) is 0 Å². The summed E-state index contributed by atoms with van der Waals surface area (Å²) in [7, 11) is 0. The van der Waals surface area contributed by atoms with Crippen molar-refractivity contribution in [2.75, 3.05) is 18.8 Å². The standard InChI is InChI=1S/C15H24N2/c1-2-15(9-10-15)12-17-11-3-4-13-5-7-14(16)8-6-13/h5-8,17H,2-4,9-12,16H2,1H3. The van der Waals surface area contributed by atoms with Crippen molar-refractivity contribution in [2.24, 2.45) is 5.41 Å². The van der Waals surface area contributed by atoms with Crippen molar-refractivity contribution < 1.29 is 0 Å². The lowest BCUT2D eigenvalue weighted by atomic mass is 10.0. The highest BCUT2D eigenvalue weighted by Crippen LogP contribution is 2.47. The summed E-state index contributed by atoms with van der Waals surface area (Å²) in [6.45, 7) is 4.65. The first-order valence-electron chi connectivity index (χ1n) is 6.79. The maximum Gasteiger partial charge on any atom is 0.0314 e. The third-order valence-electron chi connectivity index (χ3n) is 4.01. The second kappa shape index (κ2) is 5.54. The zero-order chi connectivity index (χ0) is 12.1. The Balaban J connectivity index is 1.58. The van der Waals surface area contributed by atoms with Crippen LogP contribution in [0, 0.1) is 5.41 Å². The molecule has 0 heterocycles. The molecule has 1 aromatic carbocycles. The highest BCUT2D eigenvalue weighted by Gasteiger charge is 2.39. The summed E-state index contributed by atoms with van der Waals surface area (Å²) in [6, 6.07) is 8.23. The largest absolute Gasteiger partial charge is 0.399 e. The van der Waals surface area contributed by atoms with E-state index in [2.05, 4.69) is 24.4 Å². The molecule has 0 bridgehead atoms. The van der Waals surface area contributed by atoms with E-state index in [9.17, 15) is 0 Å². The van der Waals surface area contributed by atoms with Crippen LogP contribution in [0.3, 0.4) is 0 Å². The molecule has 1 fully saturated rings. The lowest BCUT2D eigenvalue weighted by Crippen LogP contribution is -2.24. The van der Waals surface area contributed by atoms with Crippen molar-refractivity contribution in [1.82, 2.24) is 5.32 Å². The van der Waals surface area contributed by atoms with E-state index in [1.165, 1.54) is 37.8 Å². The molecule has 0 radical (unpaired) electrons. The smallest absolute Gasteiger partial charge is 0.0314 e. The number of nitrogens with two attached hydrogens (primary N) is 1. The first-order chi connectivity index (χ1) is 8.24. The van der Waals surface area contributed by atoms with Gasteiger partial charge in [0.1, 0.15) is 0 Å². The number of benzene rings is 1. The van der Waals surface area contributed by atoms with Gasteiger partial charge in [-0.15, -0.1) is 0 Å².